The first-order chi connectivity index (χ1) is 18.4. The summed E-state index contributed by atoms with van der Waals surface area (Å²) in [6.45, 7) is 5.25. The third-order valence-electron chi connectivity index (χ3n) is 7.14. The summed E-state index contributed by atoms with van der Waals surface area (Å²) in [5.41, 5.74) is 2.29. The van der Waals surface area contributed by atoms with Gasteiger partial charge in [-0.25, -0.2) is 8.42 Å². The van der Waals surface area contributed by atoms with Crippen LogP contribution in [0, 0.1) is 10.1 Å². The van der Waals surface area contributed by atoms with Gasteiger partial charge < -0.3 is 19.3 Å². The van der Waals surface area contributed by atoms with Gasteiger partial charge in [-0.05, 0) is 49.1 Å². The molecular weight excluding hydrogens is 510 g/mol. The molecule has 3 aliphatic rings. The van der Waals surface area contributed by atoms with E-state index in [0.717, 1.165) is 32.4 Å². The minimum Gasteiger partial charge on any atom is -0.379 e. The average molecular weight is 544 g/mol. The van der Waals surface area contributed by atoms with Gasteiger partial charge in [-0.3, -0.25) is 15.1 Å². The van der Waals surface area contributed by atoms with E-state index in [-0.39, 0.29) is 15.5 Å². The summed E-state index contributed by atoms with van der Waals surface area (Å²) in [5.74, 6) is 0. The van der Waals surface area contributed by atoms with Gasteiger partial charge in [0, 0.05) is 51.5 Å². The minimum absolute atomic E-state index is 0.00637. The topological polar surface area (TPSA) is 118 Å². The second-order valence-electron chi connectivity index (χ2n) is 9.58. The maximum Gasteiger partial charge on any atom is 0.293 e. The van der Waals surface area contributed by atoms with Crippen LogP contribution >= 0.6 is 0 Å². The van der Waals surface area contributed by atoms with Crippen molar-refractivity contribution >= 4 is 39.0 Å². The number of aliphatic imine (C=N–C) groups is 1. The lowest BCUT2D eigenvalue weighted by Crippen LogP contribution is -2.41. The molecule has 0 amide bonds. The zero-order valence-electron chi connectivity index (χ0n) is 21.3. The highest BCUT2D eigenvalue weighted by atomic mass is 32.2. The molecule has 3 saturated heterocycles. The van der Waals surface area contributed by atoms with Crippen LogP contribution in [-0.4, -0.2) is 89.6 Å². The molecule has 0 aliphatic carbocycles. The Morgan fingerprint density at radius 3 is 2.13 bits per heavy atom. The highest BCUT2D eigenvalue weighted by Gasteiger charge is 2.31. The Kier molecular flexibility index (Phi) is 8.22. The SMILES string of the molecule is O=[N+]([O-])c1cc(C=Nc2ccc(N3CCCCC3)c(S(=O)(=O)N3CCOCC3)c2)ccc1N1CCOCC1. The lowest BCUT2D eigenvalue weighted by molar-refractivity contribution is -0.384. The Bertz CT molecular complexity index is 1280. The molecule has 0 aromatic heterocycles. The number of rotatable bonds is 7. The Labute approximate surface area is 222 Å². The van der Waals surface area contributed by atoms with Crippen molar-refractivity contribution in [3.63, 3.8) is 0 Å². The van der Waals surface area contributed by atoms with Crippen LogP contribution in [0.2, 0.25) is 0 Å². The summed E-state index contributed by atoms with van der Waals surface area (Å²) in [5, 5.41) is 11.8. The summed E-state index contributed by atoms with van der Waals surface area (Å²) in [4.78, 5) is 20.3. The van der Waals surface area contributed by atoms with Crippen molar-refractivity contribution in [3.05, 3.63) is 52.1 Å². The molecule has 3 fully saturated rings. The quantitative estimate of drug-likeness (QED) is 0.297. The molecule has 12 heteroatoms. The fourth-order valence-electron chi connectivity index (χ4n) is 5.10. The number of nitro groups is 1. The van der Waals surface area contributed by atoms with E-state index in [2.05, 4.69) is 9.89 Å². The molecule has 38 heavy (non-hydrogen) atoms. The number of sulfonamides is 1. The van der Waals surface area contributed by atoms with Crippen LogP contribution in [0.15, 0.2) is 46.3 Å². The van der Waals surface area contributed by atoms with E-state index in [1.807, 2.05) is 11.0 Å². The van der Waals surface area contributed by atoms with Gasteiger partial charge in [-0.2, -0.15) is 4.31 Å². The van der Waals surface area contributed by atoms with Gasteiger partial charge in [0.25, 0.3) is 5.69 Å². The van der Waals surface area contributed by atoms with E-state index in [1.165, 1.54) is 16.6 Å². The molecule has 3 heterocycles. The van der Waals surface area contributed by atoms with E-state index < -0.39 is 10.0 Å². The number of morpholine rings is 2. The molecule has 0 saturated carbocycles. The van der Waals surface area contributed by atoms with Crippen molar-refractivity contribution in [2.45, 2.75) is 24.2 Å². The van der Waals surface area contributed by atoms with Crippen LogP contribution in [0.3, 0.4) is 0 Å². The Morgan fingerprint density at radius 1 is 0.816 bits per heavy atom. The summed E-state index contributed by atoms with van der Waals surface area (Å²) in [7, 11) is -3.75. The zero-order valence-corrected chi connectivity index (χ0v) is 22.1. The van der Waals surface area contributed by atoms with Crippen molar-refractivity contribution in [3.8, 4) is 0 Å². The number of ether oxygens (including phenoxy) is 2. The van der Waals surface area contributed by atoms with Gasteiger partial charge in [0.2, 0.25) is 10.0 Å². The predicted molar refractivity (Wildman–Crippen MR) is 145 cm³/mol. The molecule has 2 aromatic carbocycles. The van der Waals surface area contributed by atoms with Gasteiger partial charge in [0.05, 0.1) is 42.7 Å². The van der Waals surface area contributed by atoms with Gasteiger partial charge in [0.1, 0.15) is 10.6 Å². The molecule has 3 aliphatic heterocycles. The fourth-order valence-corrected chi connectivity index (χ4v) is 6.74. The van der Waals surface area contributed by atoms with Gasteiger partial charge >= 0.3 is 0 Å². The standard InChI is InChI=1S/C26H33N5O6S/c32-31(33)25-18-21(4-6-23(25)29-10-14-36-15-11-29)20-27-22-5-7-24(28-8-2-1-3-9-28)26(19-22)38(34,35)30-12-16-37-17-13-30/h4-7,18-20H,1-3,8-17H2. The first-order valence-corrected chi connectivity index (χ1v) is 14.5. The Morgan fingerprint density at radius 2 is 1.45 bits per heavy atom. The van der Waals surface area contributed by atoms with Crippen LogP contribution in [0.5, 0.6) is 0 Å². The first kappa shape index (κ1) is 26.5. The third-order valence-corrected chi connectivity index (χ3v) is 9.07. The highest BCUT2D eigenvalue weighted by Crippen LogP contribution is 2.34. The number of hydrogen-bond acceptors (Lipinski definition) is 9. The normalized spacial score (nSPS) is 19.7. The smallest absolute Gasteiger partial charge is 0.293 e. The minimum atomic E-state index is -3.75. The second kappa shape index (κ2) is 11.8. The maximum absolute atomic E-state index is 13.7. The predicted octanol–water partition coefficient (Wildman–Crippen LogP) is 3.19. The molecule has 0 bridgehead atoms. The third kappa shape index (κ3) is 5.83. The molecule has 5 rings (SSSR count). The first-order valence-electron chi connectivity index (χ1n) is 13.1. The largest absolute Gasteiger partial charge is 0.379 e. The summed E-state index contributed by atoms with van der Waals surface area (Å²) in [6.07, 6.45) is 4.73. The molecule has 0 N–H and O–H groups in total. The van der Waals surface area contributed by atoms with Crippen molar-refractivity contribution in [1.82, 2.24) is 4.31 Å². The lowest BCUT2D eigenvalue weighted by Gasteiger charge is -2.32. The van der Waals surface area contributed by atoms with Crippen LogP contribution < -0.4 is 9.80 Å². The molecular formula is C26H33N5O6S. The van der Waals surface area contributed by atoms with Crippen LogP contribution in [0.25, 0.3) is 0 Å². The van der Waals surface area contributed by atoms with Crippen molar-refractivity contribution in [2.75, 3.05) is 75.5 Å². The number of nitrogens with zero attached hydrogens (tertiary/aromatic N) is 5. The molecule has 11 nitrogen and oxygen atoms in total. The van der Waals surface area contributed by atoms with Gasteiger partial charge in [-0.15, -0.1) is 0 Å². The molecule has 0 atom stereocenters. The molecule has 2 aromatic rings. The van der Waals surface area contributed by atoms with Crippen LogP contribution in [-0.2, 0) is 19.5 Å². The van der Waals surface area contributed by atoms with E-state index in [0.29, 0.717) is 75.2 Å². The van der Waals surface area contributed by atoms with E-state index in [9.17, 15) is 18.5 Å². The summed E-state index contributed by atoms with van der Waals surface area (Å²) < 4.78 is 39.6. The number of piperidine rings is 1. The molecule has 0 unspecified atom stereocenters. The Hall–Kier alpha value is -3.06. The van der Waals surface area contributed by atoms with E-state index in [1.54, 1.807) is 24.3 Å². The fraction of sp³-hybridized carbons (Fsp3) is 0.500. The molecule has 0 spiro atoms. The number of benzene rings is 2. The van der Waals surface area contributed by atoms with Crippen molar-refractivity contribution < 1.29 is 22.8 Å². The van der Waals surface area contributed by atoms with E-state index >= 15 is 0 Å². The van der Waals surface area contributed by atoms with E-state index in [4.69, 9.17) is 9.47 Å². The molecule has 0 radical (unpaired) electrons. The zero-order chi connectivity index (χ0) is 26.5. The van der Waals surface area contributed by atoms with Gasteiger partial charge in [-0.1, -0.05) is 6.07 Å². The van der Waals surface area contributed by atoms with Crippen molar-refractivity contribution in [2.24, 2.45) is 4.99 Å². The second-order valence-corrected chi connectivity index (χ2v) is 11.5. The number of nitro benzene ring substituents is 1. The average Bonchev–Trinajstić information content (AvgIpc) is 2.97. The maximum atomic E-state index is 13.7. The monoisotopic (exact) mass is 543 g/mol. The van der Waals surface area contributed by atoms with Gasteiger partial charge in [0.15, 0.2) is 0 Å². The highest BCUT2D eigenvalue weighted by molar-refractivity contribution is 7.89. The van der Waals surface area contributed by atoms with Crippen LogP contribution in [0.4, 0.5) is 22.7 Å². The molecule has 204 valence electrons. The lowest BCUT2D eigenvalue weighted by atomic mass is 10.1. The number of hydrogen-bond donors (Lipinski definition) is 0. The summed E-state index contributed by atoms with van der Waals surface area (Å²) in [6, 6.07) is 10.3. The summed E-state index contributed by atoms with van der Waals surface area (Å²) >= 11 is 0. The van der Waals surface area contributed by atoms with Crippen LogP contribution in [0.1, 0.15) is 24.8 Å². The Balaban J connectivity index is 1.46. The number of anilines is 2. The van der Waals surface area contributed by atoms with Crippen molar-refractivity contribution in [1.29, 1.82) is 0 Å².